The highest BCUT2D eigenvalue weighted by Gasteiger charge is 2.57. The van der Waals surface area contributed by atoms with Gasteiger partial charge in [-0.05, 0) is 106 Å². The minimum Gasteiger partial charge on any atom is -0.467 e. The largest absolute Gasteiger partial charge is 0.467 e. The summed E-state index contributed by atoms with van der Waals surface area (Å²) in [6, 6.07) is 0. The van der Waals surface area contributed by atoms with E-state index in [9.17, 15) is 4.79 Å². The van der Waals surface area contributed by atoms with Crippen LogP contribution in [0, 0.1) is 0 Å². The highest BCUT2D eigenvalue weighted by molar-refractivity contribution is 6.87. The van der Waals surface area contributed by atoms with Crippen molar-refractivity contribution in [3.63, 3.8) is 0 Å². The molecule has 37 heavy (non-hydrogen) atoms. The van der Waals surface area contributed by atoms with Crippen LogP contribution in [0.1, 0.15) is 54.4 Å². The fourth-order valence-corrected chi connectivity index (χ4v) is 24.1. The van der Waals surface area contributed by atoms with Crippen molar-refractivity contribution in [1.29, 1.82) is 0 Å². The predicted molar refractivity (Wildman–Crippen MR) is 169 cm³/mol. The molecular formula is C25H61NO6Si5. The number of esters is 1. The minimum absolute atomic E-state index is 0.0672. The Labute approximate surface area is 234 Å². The molecule has 0 rings (SSSR count). The lowest BCUT2D eigenvalue weighted by atomic mass is 10.3. The summed E-state index contributed by atoms with van der Waals surface area (Å²) in [6.45, 7) is 34.7. The van der Waals surface area contributed by atoms with Gasteiger partial charge in [-0.2, -0.15) is 0 Å². The van der Waals surface area contributed by atoms with Gasteiger partial charge in [-0.3, -0.25) is 4.79 Å². The van der Waals surface area contributed by atoms with Crippen LogP contribution in [0.15, 0.2) is 0 Å². The van der Waals surface area contributed by atoms with Crippen molar-refractivity contribution < 1.29 is 26.9 Å². The Morgan fingerprint density at radius 3 is 1.68 bits per heavy atom. The van der Waals surface area contributed by atoms with Gasteiger partial charge < -0.3 is 27.4 Å². The van der Waals surface area contributed by atoms with E-state index in [0.717, 1.165) is 19.0 Å². The Hall–Kier alpha value is 0.354. The standard InChI is InChI=1S/C25H61NO6Si5/c1-18-24(5,30-33(8,9)10)35(14,15)29-23(4)36(16,20-26-7)31-25(6,19-2)37(17,21-28-22(3)27)32-34(11,12)13/h23,26H,18-21H2,1-17H3. The van der Waals surface area contributed by atoms with Crippen LogP contribution in [-0.4, -0.2) is 83.2 Å². The maximum absolute atomic E-state index is 11.8. The van der Waals surface area contributed by atoms with Crippen molar-refractivity contribution in [2.24, 2.45) is 0 Å². The Morgan fingerprint density at radius 1 is 0.838 bits per heavy atom. The Morgan fingerprint density at radius 2 is 1.32 bits per heavy atom. The number of hydrogen-bond acceptors (Lipinski definition) is 7. The first-order chi connectivity index (χ1) is 16.3. The van der Waals surface area contributed by atoms with Gasteiger partial charge >= 0.3 is 5.97 Å². The van der Waals surface area contributed by atoms with Crippen molar-refractivity contribution in [2.45, 2.75) is 136 Å². The van der Waals surface area contributed by atoms with Crippen LogP contribution in [0.3, 0.4) is 0 Å². The lowest BCUT2D eigenvalue weighted by molar-refractivity contribution is -0.139. The smallest absolute Gasteiger partial charge is 0.302 e. The molecule has 0 aliphatic carbocycles. The third-order valence-electron chi connectivity index (χ3n) is 7.67. The Balaban J connectivity index is 6.43. The molecule has 0 saturated heterocycles. The van der Waals surface area contributed by atoms with E-state index in [4.69, 9.17) is 22.1 Å². The van der Waals surface area contributed by atoms with Crippen LogP contribution in [0.25, 0.3) is 0 Å². The van der Waals surface area contributed by atoms with Gasteiger partial charge in [0.05, 0.1) is 16.2 Å². The monoisotopic (exact) mass is 611 g/mol. The van der Waals surface area contributed by atoms with Crippen LogP contribution < -0.4 is 5.32 Å². The van der Waals surface area contributed by atoms with E-state index in [1.54, 1.807) is 0 Å². The van der Waals surface area contributed by atoms with E-state index < -0.39 is 46.8 Å². The van der Waals surface area contributed by atoms with E-state index in [1.807, 2.05) is 7.05 Å². The number of rotatable bonds is 17. The summed E-state index contributed by atoms with van der Waals surface area (Å²) >= 11 is 0. The lowest BCUT2D eigenvalue weighted by Gasteiger charge is -2.52. The molecule has 5 unspecified atom stereocenters. The summed E-state index contributed by atoms with van der Waals surface area (Å²) in [7, 11) is -9.26. The fraction of sp³-hybridized carbons (Fsp3) is 0.960. The van der Waals surface area contributed by atoms with Gasteiger partial charge in [-0.15, -0.1) is 0 Å². The van der Waals surface area contributed by atoms with E-state index in [1.165, 1.54) is 6.92 Å². The lowest BCUT2D eigenvalue weighted by Crippen LogP contribution is -2.71. The molecule has 222 valence electrons. The van der Waals surface area contributed by atoms with Gasteiger partial charge in [-0.25, -0.2) is 0 Å². The quantitative estimate of drug-likeness (QED) is 0.153. The number of ether oxygens (including phenoxy) is 1. The second-order valence-corrected chi connectivity index (χ2v) is 35.4. The molecule has 0 fully saturated rings. The zero-order valence-corrected chi connectivity index (χ0v) is 32.4. The van der Waals surface area contributed by atoms with E-state index in [-0.39, 0.29) is 23.2 Å². The maximum atomic E-state index is 11.8. The van der Waals surface area contributed by atoms with E-state index in [0.29, 0.717) is 0 Å². The summed E-state index contributed by atoms with van der Waals surface area (Å²) in [5, 5.41) is 2.58. The molecule has 12 heteroatoms. The van der Waals surface area contributed by atoms with Gasteiger partial charge in [0, 0.05) is 13.1 Å². The molecule has 0 aromatic rings. The molecule has 7 nitrogen and oxygen atoms in total. The maximum Gasteiger partial charge on any atom is 0.302 e. The van der Waals surface area contributed by atoms with Crippen molar-refractivity contribution in [3.05, 3.63) is 0 Å². The van der Waals surface area contributed by atoms with Crippen molar-refractivity contribution in [2.75, 3.05) is 19.4 Å². The summed E-state index contributed by atoms with van der Waals surface area (Å²) in [4.78, 5) is 11.8. The molecule has 0 aromatic heterocycles. The average molecular weight is 612 g/mol. The van der Waals surface area contributed by atoms with Crippen molar-refractivity contribution in [3.8, 4) is 0 Å². The van der Waals surface area contributed by atoms with Crippen molar-refractivity contribution in [1.82, 2.24) is 5.32 Å². The molecule has 5 atom stereocenters. The molecule has 1 N–H and O–H groups in total. The highest BCUT2D eigenvalue weighted by Crippen LogP contribution is 2.38. The number of nitrogens with one attached hydrogen (secondary N) is 1. The predicted octanol–water partition coefficient (Wildman–Crippen LogP) is 6.28. The summed E-state index contributed by atoms with van der Waals surface area (Å²) in [5.74, 6) is -0.280. The first kappa shape index (κ1) is 37.4. The molecule has 0 saturated carbocycles. The second kappa shape index (κ2) is 13.3. The molecule has 0 aromatic carbocycles. The molecular weight excluding hydrogens is 551 g/mol. The molecule has 0 aliphatic rings. The Kier molecular flexibility index (Phi) is 13.5. The third kappa shape index (κ3) is 10.7. The fourth-order valence-electron chi connectivity index (χ4n) is 4.88. The summed E-state index contributed by atoms with van der Waals surface area (Å²) in [5.41, 5.74) is -0.0672. The second-order valence-electron chi connectivity index (χ2n) is 13.8. The summed E-state index contributed by atoms with van der Waals surface area (Å²) in [6.07, 6.45) is 2.72. The van der Waals surface area contributed by atoms with Crippen LogP contribution in [0.4, 0.5) is 0 Å². The number of carbonyl (C=O) groups excluding carboxylic acids is 1. The van der Waals surface area contributed by atoms with Gasteiger partial charge in [0.25, 0.3) is 0 Å². The minimum atomic E-state index is -2.68. The number of hydrogen-bond donors (Lipinski definition) is 1. The normalized spacial score (nSPS) is 20.8. The third-order valence-corrected chi connectivity index (χ3v) is 24.8. The summed E-state index contributed by atoms with van der Waals surface area (Å²) < 4.78 is 33.7. The van der Waals surface area contributed by atoms with Gasteiger partial charge in [0.2, 0.25) is 25.0 Å². The molecule has 0 spiro atoms. The molecule has 0 radical (unpaired) electrons. The van der Waals surface area contributed by atoms with Gasteiger partial charge in [0.1, 0.15) is 6.23 Å². The van der Waals surface area contributed by atoms with Crippen LogP contribution in [0.5, 0.6) is 0 Å². The SMILES string of the molecule is CCC(C)(O[Si](C)(C)C)[Si](C)(C)OC(C)[Si](C)(CNC)OC(C)(CC)[Si](C)(COC(C)=O)O[Si](C)(C)C. The van der Waals surface area contributed by atoms with Crippen LogP contribution >= 0.6 is 0 Å². The van der Waals surface area contributed by atoms with Crippen LogP contribution in [0.2, 0.25) is 65.5 Å². The molecule has 0 aliphatic heterocycles. The zero-order chi connectivity index (χ0) is 29.7. The van der Waals surface area contributed by atoms with Gasteiger partial charge in [-0.1, -0.05) is 13.8 Å². The van der Waals surface area contributed by atoms with E-state index >= 15 is 0 Å². The Bertz CT molecular complexity index is 746. The molecule has 0 amide bonds. The zero-order valence-electron chi connectivity index (χ0n) is 27.4. The highest BCUT2D eigenvalue weighted by atomic mass is 28.4. The first-order valence-electron chi connectivity index (χ1n) is 13.9. The molecule has 0 bridgehead atoms. The number of carbonyl (C=O) groups is 1. The average Bonchev–Trinajstić information content (AvgIpc) is 2.69. The molecule has 0 heterocycles. The van der Waals surface area contributed by atoms with E-state index in [2.05, 4.69) is 105 Å². The van der Waals surface area contributed by atoms with Gasteiger partial charge in [0.15, 0.2) is 16.6 Å². The topological polar surface area (TPSA) is 75.3 Å². The first-order valence-corrected chi connectivity index (χ1v) is 28.9. The van der Waals surface area contributed by atoms with Crippen molar-refractivity contribution >= 4 is 47.6 Å². The van der Waals surface area contributed by atoms with Crippen LogP contribution in [-0.2, 0) is 26.9 Å².